The van der Waals surface area contributed by atoms with Crippen LogP contribution in [-0.4, -0.2) is 48.0 Å². The molecule has 252 valence electrons. The van der Waals surface area contributed by atoms with Crippen molar-refractivity contribution in [2.24, 2.45) is 5.92 Å². The highest BCUT2D eigenvalue weighted by Gasteiger charge is 2.42. The van der Waals surface area contributed by atoms with Crippen LogP contribution in [0.3, 0.4) is 0 Å². The Hall–Kier alpha value is -4.23. The fourth-order valence-electron chi connectivity index (χ4n) is 6.08. The number of benzene rings is 3. The highest BCUT2D eigenvalue weighted by atomic mass is 19.4. The molecular weight excluding hydrogens is 630 g/mol. The number of hydrogen-bond donors (Lipinski definition) is 2. The molecule has 1 saturated heterocycles. The molecule has 0 radical (unpaired) electrons. The van der Waals surface area contributed by atoms with Gasteiger partial charge in [-0.15, -0.1) is 26.3 Å². The fourth-order valence-corrected chi connectivity index (χ4v) is 6.08. The van der Waals surface area contributed by atoms with E-state index < -0.39 is 41.8 Å². The number of carbonyl (C=O) groups excluding carboxylic acids is 1. The number of halogens is 6. The molecule has 1 atom stereocenters. The molecule has 0 spiro atoms. The Morgan fingerprint density at radius 3 is 1.79 bits per heavy atom. The lowest BCUT2D eigenvalue weighted by Gasteiger charge is -2.42. The van der Waals surface area contributed by atoms with Crippen LogP contribution in [0.4, 0.5) is 36.8 Å². The van der Waals surface area contributed by atoms with Gasteiger partial charge in [0.1, 0.15) is 23.2 Å². The molecule has 3 aromatic carbocycles. The second-order valence-electron chi connectivity index (χ2n) is 11.6. The van der Waals surface area contributed by atoms with E-state index in [1.54, 1.807) is 12.1 Å². The molecule has 0 aromatic heterocycles. The molecule has 0 saturated carbocycles. The lowest BCUT2D eigenvalue weighted by Crippen LogP contribution is -2.44. The molecule has 1 aliphatic heterocycles. The predicted octanol–water partition coefficient (Wildman–Crippen LogP) is 8.29. The van der Waals surface area contributed by atoms with E-state index in [1.165, 1.54) is 24.3 Å². The van der Waals surface area contributed by atoms with Gasteiger partial charge in [0, 0.05) is 12.2 Å². The highest BCUT2D eigenvalue weighted by molar-refractivity contribution is 5.84. The Morgan fingerprint density at radius 1 is 0.787 bits per heavy atom. The summed E-state index contributed by atoms with van der Waals surface area (Å²) < 4.78 is 89.8. The van der Waals surface area contributed by atoms with Crippen molar-refractivity contribution >= 4 is 11.8 Å². The zero-order valence-electron chi connectivity index (χ0n) is 25.2. The third-order valence-corrected chi connectivity index (χ3v) is 8.31. The van der Waals surface area contributed by atoms with E-state index in [0.29, 0.717) is 38.2 Å². The summed E-state index contributed by atoms with van der Waals surface area (Å²) in [4.78, 5) is 14.4. The summed E-state index contributed by atoms with van der Waals surface area (Å²) in [6, 6.07) is 17.0. The molecule has 3 aromatic rings. The number of allylic oxidation sites excluding steroid dienone is 1. The molecule has 2 aliphatic rings. The number of nitrogens with zero attached hydrogens (tertiary/aromatic N) is 1. The average Bonchev–Trinajstić information content (AvgIpc) is 3.02. The first-order valence-corrected chi connectivity index (χ1v) is 15.2. The topological polar surface area (TPSA) is 80.3 Å². The van der Waals surface area contributed by atoms with E-state index >= 15 is 0 Å². The largest absolute Gasteiger partial charge is 0.573 e. The Balaban J connectivity index is 1.25. The van der Waals surface area contributed by atoms with Gasteiger partial charge >= 0.3 is 18.8 Å². The van der Waals surface area contributed by atoms with Crippen LogP contribution in [0.1, 0.15) is 48.8 Å². The van der Waals surface area contributed by atoms with Gasteiger partial charge in [-0.25, -0.2) is 4.79 Å². The first-order valence-electron chi connectivity index (χ1n) is 15.2. The molecule has 1 heterocycles. The van der Waals surface area contributed by atoms with Gasteiger partial charge < -0.3 is 19.3 Å². The maximum absolute atomic E-state index is 12.7. The number of ether oxygens (including phenoxy) is 3. The van der Waals surface area contributed by atoms with Crippen molar-refractivity contribution in [3.8, 4) is 11.5 Å². The minimum Gasteiger partial charge on any atom is -0.442 e. The van der Waals surface area contributed by atoms with Gasteiger partial charge in [0.15, 0.2) is 0 Å². The number of alkyl halides is 6. The summed E-state index contributed by atoms with van der Waals surface area (Å²) in [7, 11) is 0. The predicted molar refractivity (Wildman–Crippen MR) is 161 cm³/mol. The number of likely N-dealkylation sites (tertiary alicyclic amines) is 1. The maximum Gasteiger partial charge on any atom is 0.573 e. The third kappa shape index (κ3) is 9.41. The molecule has 13 heteroatoms. The van der Waals surface area contributed by atoms with Crippen molar-refractivity contribution in [2.75, 3.05) is 18.4 Å². The fraction of sp³-hybridized carbons (Fsp3) is 0.382. The van der Waals surface area contributed by atoms with Crippen molar-refractivity contribution < 1.29 is 50.5 Å². The summed E-state index contributed by atoms with van der Waals surface area (Å²) in [5, 5.41) is 15.0. The summed E-state index contributed by atoms with van der Waals surface area (Å²) in [5.41, 5.74) is 0.413. The van der Waals surface area contributed by atoms with Crippen LogP contribution in [-0.2, 0) is 16.9 Å². The van der Waals surface area contributed by atoms with Gasteiger partial charge in [-0.3, -0.25) is 10.2 Å². The van der Waals surface area contributed by atoms with Crippen LogP contribution >= 0.6 is 0 Å². The van der Waals surface area contributed by atoms with E-state index in [9.17, 15) is 36.2 Å². The third-order valence-electron chi connectivity index (χ3n) is 8.31. The maximum atomic E-state index is 12.7. The van der Waals surface area contributed by atoms with Crippen LogP contribution in [0.25, 0.3) is 0 Å². The number of anilines is 1. The second-order valence-corrected chi connectivity index (χ2v) is 11.6. The molecule has 5 rings (SSSR count). The van der Waals surface area contributed by atoms with Crippen molar-refractivity contribution in [3.63, 3.8) is 0 Å². The first kappa shape index (κ1) is 34.1. The van der Waals surface area contributed by atoms with Crippen LogP contribution in [0.2, 0.25) is 0 Å². The van der Waals surface area contributed by atoms with Crippen molar-refractivity contribution in [2.45, 2.75) is 63.1 Å². The van der Waals surface area contributed by atoms with Gasteiger partial charge in [-0.1, -0.05) is 42.5 Å². The van der Waals surface area contributed by atoms with Crippen molar-refractivity contribution in [1.82, 2.24) is 4.90 Å². The minimum absolute atomic E-state index is 0.228. The summed E-state index contributed by atoms with van der Waals surface area (Å²) in [6.07, 6.45) is -2.92. The first-order chi connectivity index (χ1) is 22.3. The number of hydrogen-bond acceptors (Lipinski definition) is 6. The van der Waals surface area contributed by atoms with Gasteiger partial charge in [-0.2, -0.15) is 0 Å². The number of piperidine rings is 1. The molecule has 1 amide bonds. The molecule has 0 bridgehead atoms. The van der Waals surface area contributed by atoms with E-state index in [0.717, 1.165) is 49.1 Å². The molecule has 1 aliphatic carbocycles. The number of carbonyl (C=O) groups is 1. The number of nitrogens with one attached hydrogen (secondary N) is 1. The van der Waals surface area contributed by atoms with Crippen molar-refractivity contribution in [3.05, 3.63) is 102 Å². The summed E-state index contributed by atoms with van der Waals surface area (Å²) >= 11 is 0. The standard InChI is InChI=1S/C34H34F6N2O5/c35-33(36,37)46-29-14-8-24(9-15-29)32(44,25-10-16-30(17-11-25)47-34(38,39)40)26-18-20-42(21-19-26)22-23-6-12-27(13-7-23)41-31(43)45-28-4-2-1-3-5-28/h2,4,6-17,26,28,44H,1,3,5,18-22H2,(H,41,43). The van der Waals surface area contributed by atoms with E-state index in [1.807, 2.05) is 24.3 Å². The van der Waals surface area contributed by atoms with Gasteiger partial charge in [0.2, 0.25) is 0 Å². The number of rotatable bonds is 9. The van der Waals surface area contributed by atoms with E-state index in [-0.39, 0.29) is 17.2 Å². The summed E-state index contributed by atoms with van der Waals surface area (Å²) in [6.45, 7) is 1.73. The quantitative estimate of drug-likeness (QED) is 0.177. The van der Waals surface area contributed by atoms with Gasteiger partial charge in [-0.05, 0) is 110 Å². The molecule has 47 heavy (non-hydrogen) atoms. The average molecular weight is 665 g/mol. The molecule has 1 unspecified atom stereocenters. The van der Waals surface area contributed by atoms with Gasteiger partial charge in [0.25, 0.3) is 0 Å². The number of amides is 1. The highest BCUT2D eigenvalue weighted by Crippen LogP contribution is 2.43. The lowest BCUT2D eigenvalue weighted by molar-refractivity contribution is -0.275. The summed E-state index contributed by atoms with van der Waals surface area (Å²) in [5.74, 6) is -1.35. The lowest BCUT2D eigenvalue weighted by atomic mass is 9.72. The van der Waals surface area contributed by atoms with Crippen molar-refractivity contribution in [1.29, 1.82) is 0 Å². The molecule has 2 N–H and O–H groups in total. The zero-order valence-corrected chi connectivity index (χ0v) is 25.2. The normalized spacial score (nSPS) is 18.1. The van der Waals surface area contributed by atoms with E-state index in [2.05, 4.69) is 19.7 Å². The molecule has 7 nitrogen and oxygen atoms in total. The second kappa shape index (κ2) is 14.3. The van der Waals surface area contributed by atoms with Crippen LogP contribution in [0.5, 0.6) is 11.5 Å². The zero-order chi connectivity index (χ0) is 33.7. The Morgan fingerprint density at radius 2 is 1.32 bits per heavy atom. The van der Waals surface area contributed by atoms with Crippen LogP contribution in [0, 0.1) is 5.92 Å². The Labute approximate surface area is 267 Å². The Kier molecular flexibility index (Phi) is 10.4. The monoisotopic (exact) mass is 664 g/mol. The SMILES string of the molecule is O=C(Nc1ccc(CN2CCC(C(O)(c3ccc(OC(F)(F)F)cc3)c3ccc(OC(F)(F)F)cc3)CC2)cc1)OC1C=CCCC1. The van der Waals surface area contributed by atoms with Crippen LogP contribution in [0.15, 0.2) is 84.9 Å². The number of aliphatic hydroxyl groups is 1. The van der Waals surface area contributed by atoms with Gasteiger partial charge in [0.05, 0.1) is 0 Å². The van der Waals surface area contributed by atoms with Crippen LogP contribution < -0.4 is 14.8 Å². The Bertz CT molecular complexity index is 1440. The van der Waals surface area contributed by atoms with E-state index in [4.69, 9.17) is 4.74 Å². The smallest absolute Gasteiger partial charge is 0.442 e. The molecule has 1 fully saturated rings. The minimum atomic E-state index is -4.89. The molecular formula is C34H34F6N2O5.